The maximum atomic E-state index is 12.9. The summed E-state index contributed by atoms with van der Waals surface area (Å²) < 4.78 is 10.1. The Morgan fingerprint density at radius 1 is 1.39 bits per heavy atom. The minimum absolute atomic E-state index is 0.0429. The number of nitrogens with two attached hydrogens (primary N) is 1. The number of nitrogens with zero attached hydrogens (tertiary/aromatic N) is 1. The molecule has 2 amide bonds. The van der Waals surface area contributed by atoms with Gasteiger partial charge in [0.25, 0.3) is 11.6 Å². The van der Waals surface area contributed by atoms with Gasteiger partial charge >= 0.3 is 5.97 Å². The van der Waals surface area contributed by atoms with Crippen LogP contribution in [0.15, 0.2) is 28.9 Å². The van der Waals surface area contributed by atoms with Gasteiger partial charge in [0.15, 0.2) is 0 Å². The van der Waals surface area contributed by atoms with Gasteiger partial charge in [-0.25, -0.2) is 4.79 Å². The van der Waals surface area contributed by atoms with Crippen LogP contribution in [0.2, 0.25) is 5.02 Å². The SMILES string of the molecule is COC(=O)C1=C(Cl)CSC2N1C(=O)C2(NC(=O)Cc1cccc(N)c1Cl)OC. The van der Waals surface area contributed by atoms with Crippen LogP contribution in [0.25, 0.3) is 0 Å². The van der Waals surface area contributed by atoms with E-state index in [-0.39, 0.29) is 27.9 Å². The second-order valence-corrected chi connectivity index (χ2v) is 7.97. The highest BCUT2D eigenvalue weighted by Gasteiger charge is 2.66. The third-order valence-corrected chi connectivity index (χ3v) is 6.72. The number of nitrogen functional groups attached to an aromatic ring is 1. The Balaban J connectivity index is 1.82. The molecule has 0 saturated carbocycles. The van der Waals surface area contributed by atoms with Crippen molar-refractivity contribution in [2.24, 2.45) is 0 Å². The highest BCUT2D eigenvalue weighted by Crippen LogP contribution is 2.47. The van der Waals surface area contributed by atoms with Crippen molar-refractivity contribution < 1.29 is 23.9 Å². The van der Waals surface area contributed by atoms with Gasteiger partial charge in [0, 0.05) is 12.9 Å². The summed E-state index contributed by atoms with van der Waals surface area (Å²) in [5, 5.41) is 2.44. The number of carbonyl (C=O) groups is 3. The molecule has 0 aromatic heterocycles. The van der Waals surface area contributed by atoms with Crippen molar-refractivity contribution in [3.8, 4) is 0 Å². The number of hydrogen-bond acceptors (Lipinski definition) is 7. The molecule has 1 aromatic carbocycles. The number of nitrogens with one attached hydrogen (secondary N) is 1. The molecule has 0 aliphatic carbocycles. The van der Waals surface area contributed by atoms with E-state index in [1.807, 2.05) is 0 Å². The molecule has 1 saturated heterocycles. The number of hydrogen-bond donors (Lipinski definition) is 2. The quantitative estimate of drug-likeness (QED) is 0.305. The molecular weight excluding hydrogens is 429 g/mol. The third-order valence-electron chi connectivity index (χ3n) is 4.47. The van der Waals surface area contributed by atoms with E-state index in [4.69, 9.17) is 38.4 Å². The van der Waals surface area contributed by atoms with Crippen LogP contribution < -0.4 is 11.1 Å². The van der Waals surface area contributed by atoms with E-state index in [9.17, 15) is 14.4 Å². The molecule has 11 heteroatoms. The zero-order valence-corrected chi connectivity index (χ0v) is 17.3. The Bertz CT molecular complexity index is 894. The van der Waals surface area contributed by atoms with E-state index in [2.05, 4.69) is 5.32 Å². The Hall–Kier alpha value is -1.94. The van der Waals surface area contributed by atoms with E-state index >= 15 is 0 Å². The van der Waals surface area contributed by atoms with Crippen LogP contribution in [0.5, 0.6) is 0 Å². The molecule has 28 heavy (non-hydrogen) atoms. The predicted molar refractivity (Wildman–Crippen MR) is 105 cm³/mol. The third kappa shape index (κ3) is 3.22. The minimum Gasteiger partial charge on any atom is -0.464 e. The number of rotatable bonds is 5. The van der Waals surface area contributed by atoms with Crippen LogP contribution in [-0.2, 0) is 30.3 Å². The van der Waals surface area contributed by atoms with Crippen molar-refractivity contribution in [2.45, 2.75) is 17.5 Å². The van der Waals surface area contributed by atoms with Crippen LogP contribution in [0.1, 0.15) is 5.56 Å². The van der Waals surface area contributed by atoms with Gasteiger partial charge in [0.2, 0.25) is 5.91 Å². The van der Waals surface area contributed by atoms with Crippen molar-refractivity contribution in [1.29, 1.82) is 0 Å². The highest BCUT2D eigenvalue weighted by molar-refractivity contribution is 8.00. The molecular formula is C17H17Cl2N3O5S. The van der Waals surface area contributed by atoms with E-state index in [1.54, 1.807) is 18.2 Å². The van der Waals surface area contributed by atoms with Crippen molar-refractivity contribution in [3.05, 3.63) is 39.5 Å². The monoisotopic (exact) mass is 445 g/mol. The highest BCUT2D eigenvalue weighted by atomic mass is 35.5. The molecule has 1 fully saturated rings. The minimum atomic E-state index is -1.62. The number of anilines is 1. The smallest absolute Gasteiger partial charge is 0.356 e. The van der Waals surface area contributed by atoms with Crippen molar-refractivity contribution >= 4 is 58.4 Å². The van der Waals surface area contributed by atoms with Gasteiger partial charge in [-0.3, -0.25) is 14.5 Å². The molecule has 2 heterocycles. The molecule has 2 atom stereocenters. The fourth-order valence-corrected chi connectivity index (χ4v) is 4.92. The predicted octanol–water partition coefficient (Wildman–Crippen LogP) is 1.46. The molecule has 2 unspecified atom stereocenters. The average molecular weight is 446 g/mol. The summed E-state index contributed by atoms with van der Waals surface area (Å²) in [5.41, 5.74) is 4.96. The molecule has 2 aliphatic heterocycles. The van der Waals surface area contributed by atoms with E-state index in [1.165, 1.54) is 30.9 Å². The lowest BCUT2D eigenvalue weighted by Gasteiger charge is -2.55. The van der Waals surface area contributed by atoms with Gasteiger partial charge in [-0.1, -0.05) is 35.3 Å². The van der Waals surface area contributed by atoms with Crippen LogP contribution in [0.4, 0.5) is 5.69 Å². The number of thioether (sulfide) groups is 1. The lowest BCUT2D eigenvalue weighted by molar-refractivity contribution is -0.192. The van der Waals surface area contributed by atoms with Gasteiger partial charge in [-0.2, -0.15) is 0 Å². The Morgan fingerprint density at radius 3 is 2.75 bits per heavy atom. The number of carbonyl (C=O) groups excluding carboxylic acids is 3. The summed E-state index contributed by atoms with van der Waals surface area (Å²) in [5.74, 6) is -1.56. The fraction of sp³-hybridized carbons (Fsp3) is 0.353. The number of β-lactam (4-membered cyclic amide) rings is 1. The molecule has 150 valence electrons. The summed E-state index contributed by atoms with van der Waals surface area (Å²) >= 11 is 13.5. The maximum absolute atomic E-state index is 12.9. The Morgan fingerprint density at radius 2 is 2.11 bits per heavy atom. The number of esters is 1. The molecule has 3 rings (SSSR count). The first-order valence-corrected chi connectivity index (χ1v) is 9.88. The van der Waals surface area contributed by atoms with Crippen molar-refractivity contribution in [3.63, 3.8) is 0 Å². The van der Waals surface area contributed by atoms with Gasteiger partial charge in [-0.05, 0) is 11.6 Å². The topological polar surface area (TPSA) is 111 Å². The first kappa shape index (κ1) is 20.8. The van der Waals surface area contributed by atoms with E-state index in [0.29, 0.717) is 11.3 Å². The standard InChI is InChI=1S/C17H17Cl2N3O5S/c1-26-14(24)13-9(18)7-28-16-17(27-2,15(25)22(13)16)21-11(23)6-8-4-3-5-10(20)12(8)19/h3-5,16H,6-7,20H2,1-2H3,(H,21,23). The first-order chi connectivity index (χ1) is 13.3. The number of fused-ring (bicyclic) bond motifs is 1. The largest absolute Gasteiger partial charge is 0.464 e. The average Bonchev–Trinajstić information content (AvgIpc) is 2.68. The molecule has 2 aliphatic rings. The molecule has 8 nitrogen and oxygen atoms in total. The Labute approximate surface area is 175 Å². The second-order valence-electron chi connectivity index (χ2n) is 6.07. The zero-order valence-electron chi connectivity index (χ0n) is 15.0. The van der Waals surface area contributed by atoms with Gasteiger partial charge in [0.1, 0.15) is 11.1 Å². The zero-order chi connectivity index (χ0) is 20.6. The molecule has 3 N–H and O–H groups in total. The summed E-state index contributed by atoms with van der Waals surface area (Å²) in [6.07, 6.45) is -0.0971. The molecule has 0 bridgehead atoms. The summed E-state index contributed by atoms with van der Waals surface area (Å²) in [7, 11) is 2.50. The van der Waals surface area contributed by atoms with E-state index in [0.717, 1.165) is 0 Å². The molecule has 0 spiro atoms. The number of halogens is 2. The van der Waals surface area contributed by atoms with Crippen LogP contribution in [0.3, 0.4) is 0 Å². The molecule has 0 radical (unpaired) electrons. The van der Waals surface area contributed by atoms with Gasteiger partial charge < -0.3 is 20.5 Å². The fourth-order valence-electron chi connectivity index (χ4n) is 3.09. The normalized spacial score (nSPS) is 23.8. The van der Waals surface area contributed by atoms with Gasteiger partial charge in [0.05, 0.1) is 29.3 Å². The number of amides is 2. The van der Waals surface area contributed by atoms with Gasteiger partial charge in [-0.15, -0.1) is 11.8 Å². The number of ether oxygens (including phenoxy) is 2. The summed E-state index contributed by atoms with van der Waals surface area (Å²) in [4.78, 5) is 38.7. The van der Waals surface area contributed by atoms with Crippen LogP contribution in [-0.4, -0.2) is 53.8 Å². The summed E-state index contributed by atoms with van der Waals surface area (Å²) in [6.45, 7) is 0. The van der Waals surface area contributed by atoms with Crippen LogP contribution in [0, 0.1) is 0 Å². The number of methoxy groups -OCH3 is 2. The lowest BCUT2D eigenvalue weighted by atomic mass is 9.99. The van der Waals surface area contributed by atoms with E-state index < -0.39 is 28.9 Å². The first-order valence-electron chi connectivity index (χ1n) is 8.08. The molecule has 1 aromatic rings. The van der Waals surface area contributed by atoms with Crippen molar-refractivity contribution in [1.82, 2.24) is 10.2 Å². The summed E-state index contributed by atoms with van der Waals surface area (Å²) in [6, 6.07) is 4.97. The second kappa shape index (κ2) is 7.82. The lowest BCUT2D eigenvalue weighted by Crippen LogP contribution is -2.80. The number of benzene rings is 1. The maximum Gasteiger partial charge on any atom is 0.356 e. The van der Waals surface area contributed by atoms with Crippen LogP contribution >= 0.6 is 35.0 Å². The van der Waals surface area contributed by atoms with Crippen molar-refractivity contribution in [2.75, 3.05) is 25.7 Å². The Kier molecular flexibility index (Phi) is 5.81.